The van der Waals surface area contributed by atoms with Crippen LogP contribution in [0.3, 0.4) is 0 Å². The molecule has 0 unspecified atom stereocenters. The third-order valence-electron chi connectivity index (χ3n) is 4.02. The minimum Gasteiger partial charge on any atom is -0.399 e. The SMILES string of the molecule is CCCCCCCN1C(=O)CCCc2cc(N)ccc21. The van der Waals surface area contributed by atoms with Gasteiger partial charge in [0.1, 0.15) is 0 Å². The molecular weight excluding hydrogens is 248 g/mol. The number of anilines is 2. The van der Waals surface area contributed by atoms with Crippen LogP contribution in [0.5, 0.6) is 0 Å². The molecule has 3 heteroatoms. The Bertz CT molecular complexity index is 456. The molecule has 0 aliphatic carbocycles. The molecule has 0 spiro atoms. The highest BCUT2D eigenvalue weighted by Crippen LogP contribution is 2.29. The number of carbonyl (C=O) groups is 1. The number of benzene rings is 1. The number of aryl methyl sites for hydroxylation is 1. The highest BCUT2D eigenvalue weighted by atomic mass is 16.2. The molecule has 0 atom stereocenters. The van der Waals surface area contributed by atoms with Gasteiger partial charge in [-0.25, -0.2) is 0 Å². The number of amides is 1. The number of hydrogen-bond donors (Lipinski definition) is 1. The Labute approximate surface area is 122 Å². The lowest BCUT2D eigenvalue weighted by molar-refractivity contribution is -0.118. The molecule has 0 saturated heterocycles. The van der Waals surface area contributed by atoms with Gasteiger partial charge in [0, 0.05) is 24.3 Å². The number of hydrogen-bond acceptors (Lipinski definition) is 2. The fourth-order valence-electron chi connectivity index (χ4n) is 2.89. The van der Waals surface area contributed by atoms with E-state index >= 15 is 0 Å². The van der Waals surface area contributed by atoms with Gasteiger partial charge in [0.05, 0.1) is 0 Å². The molecule has 1 amide bonds. The number of nitrogen functional groups attached to an aromatic ring is 1. The maximum atomic E-state index is 12.3. The topological polar surface area (TPSA) is 46.3 Å². The quantitative estimate of drug-likeness (QED) is 0.631. The minimum atomic E-state index is 0.268. The molecule has 1 aromatic carbocycles. The fourth-order valence-corrected chi connectivity index (χ4v) is 2.89. The maximum absolute atomic E-state index is 12.3. The standard InChI is InChI=1S/C17H26N2O/c1-2-3-4-5-6-12-19-16-11-10-15(18)13-14(16)8-7-9-17(19)20/h10-11,13H,2-9,12,18H2,1H3. The summed E-state index contributed by atoms with van der Waals surface area (Å²) >= 11 is 0. The predicted octanol–water partition coefficient (Wildman–Crippen LogP) is 3.91. The highest BCUT2D eigenvalue weighted by molar-refractivity contribution is 5.95. The molecule has 0 aromatic heterocycles. The summed E-state index contributed by atoms with van der Waals surface area (Å²) in [6, 6.07) is 5.94. The molecule has 110 valence electrons. The van der Waals surface area contributed by atoms with Crippen molar-refractivity contribution in [3.63, 3.8) is 0 Å². The van der Waals surface area contributed by atoms with Gasteiger partial charge in [0.2, 0.25) is 5.91 Å². The average Bonchev–Trinajstić information content (AvgIpc) is 2.58. The molecule has 1 aliphatic heterocycles. The van der Waals surface area contributed by atoms with Crippen molar-refractivity contribution < 1.29 is 4.79 Å². The van der Waals surface area contributed by atoms with Crippen LogP contribution in [0.15, 0.2) is 18.2 Å². The van der Waals surface area contributed by atoms with Crippen LogP contribution in [0.25, 0.3) is 0 Å². The largest absolute Gasteiger partial charge is 0.399 e. The highest BCUT2D eigenvalue weighted by Gasteiger charge is 2.21. The summed E-state index contributed by atoms with van der Waals surface area (Å²) < 4.78 is 0. The first kappa shape index (κ1) is 14.9. The Balaban J connectivity index is 2.04. The van der Waals surface area contributed by atoms with Crippen molar-refractivity contribution in [2.24, 2.45) is 0 Å². The number of unbranched alkanes of at least 4 members (excludes halogenated alkanes) is 4. The van der Waals surface area contributed by atoms with E-state index in [1.54, 1.807) is 0 Å². The van der Waals surface area contributed by atoms with E-state index in [0.29, 0.717) is 6.42 Å². The molecule has 3 nitrogen and oxygen atoms in total. The summed E-state index contributed by atoms with van der Waals surface area (Å²) in [7, 11) is 0. The first-order valence-electron chi connectivity index (χ1n) is 7.91. The lowest BCUT2D eigenvalue weighted by Gasteiger charge is -2.23. The molecule has 0 bridgehead atoms. The second-order valence-electron chi connectivity index (χ2n) is 5.70. The van der Waals surface area contributed by atoms with Crippen molar-refractivity contribution in [2.75, 3.05) is 17.2 Å². The van der Waals surface area contributed by atoms with Crippen molar-refractivity contribution in [3.05, 3.63) is 23.8 Å². The van der Waals surface area contributed by atoms with E-state index in [4.69, 9.17) is 5.73 Å². The summed E-state index contributed by atoms with van der Waals surface area (Å²) in [5.41, 5.74) is 8.96. The van der Waals surface area contributed by atoms with Crippen molar-refractivity contribution in [1.29, 1.82) is 0 Å². The van der Waals surface area contributed by atoms with E-state index < -0.39 is 0 Å². The Hall–Kier alpha value is -1.51. The van der Waals surface area contributed by atoms with E-state index in [1.165, 1.54) is 31.2 Å². The number of nitrogens with two attached hydrogens (primary N) is 1. The Kier molecular flexibility index (Phi) is 5.45. The van der Waals surface area contributed by atoms with Crippen LogP contribution in [0.1, 0.15) is 57.4 Å². The molecule has 0 radical (unpaired) electrons. The zero-order valence-electron chi connectivity index (χ0n) is 12.5. The van der Waals surface area contributed by atoms with Gasteiger partial charge in [0.25, 0.3) is 0 Å². The zero-order valence-corrected chi connectivity index (χ0v) is 12.5. The normalized spacial score (nSPS) is 15.1. The molecule has 0 saturated carbocycles. The van der Waals surface area contributed by atoms with E-state index in [9.17, 15) is 4.79 Å². The lowest BCUT2D eigenvalue weighted by atomic mass is 10.1. The van der Waals surface area contributed by atoms with E-state index in [0.717, 1.165) is 37.2 Å². The van der Waals surface area contributed by atoms with Gasteiger partial charge in [-0.05, 0) is 43.0 Å². The van der Waals surface area contributed by atoms with E-state index in [2.05, 4.69) is 6.92 Å². The summed E-state index contributed by atoms with van der Waals surface area (Å²) in [4.78, 5) is 14.3. The van der Waals surface area contributed by atoms with Gasteiger partial charge in [-0.1, -0.05) is 32.6 Å². The van der Waals surface area contributed by atoms with Crippen LogP contribution in [-0.4, -0.2) is 12.5 Å². The predicted molar refractivity (Wildman–Crippen MR) is 84.9 cm³/mol. The molecular formula is C17H26N2O. The summed E-state index contributed by atoms with van der Waals surface area (Å²) in [5, 5.41) is 0. The van der Waals surface area contributed by atoms with Gasteiger partial charge in [-0.15, -0.1) is 0 Å². The zero-order chi connectivity index (χ0) is 14.4. The first-order chi connectivity index (χ1) is 9.72. The summed E-state index contributed by atoms with van der Waals surface area (Å²) in [6.07, 6.45) is 8.67. The number of fused-ring (bicyclic) bond motifs is 1. The average molecular weight is 274 g/mol. The molecule has 20 heavy (non-hydrogen) atoms. The third kappa shape index (κ3) is 3.75. The van der Waals surface area contributed by atoms with Gasteiger partial charge in [-0.3, -0.25) is 4.79 Å². The summed E-state index contributed by atoms with van der Waals surface area (Å²) in [6.45, 7) is 3.07. The van der Waals surface area contributed by atoms with Gasteiger partial charge >= 0.3 is 0 Å². The molecule has 1 heterocycles. The minimum absolute atomic E-state index is 0.268. The van der Waals surface area contributed by atoms with Crippen molar-refractivity contribution >= 4 is 17.3 Å². The third-order valence-corrected chi connectivity index (χ3v) is 4.02. The second-order valence-corrected chi connectivity index (χ2v) is 5.70. The molecule has 1 aromatic rings. The number of carbonyl (C=O) groups excluding carboxylic acids is 1. The van der Waals surface area contributed by atoms with Gasteiger partial charge < -0.3 is 10.6 Å². The Morgan fingerprint density at radius 3 is 2.75 bits per heavy atom. The Morgan fingerprint density at radius 1 is 1.15 bits per heavy atom. The molecule has 2 N–H and O–H groups in total. The van der Waals surface area contributed by atoms with Crippen LogP contribution in [0.4, 0.5) is 11.4 Å². The van der Waals surface area contributed by atoms with Gasteiger partial charge in [-0.2, -0.15) is 0 Å². The molecule has 2 rings (SSSR count). The Morgan fingerprint density at radius 2 is 1.95 bits per heavy atom. The van der Waals surface area contributed by atoms with Crippen molar-refractivity contribution in [2.45, 2.75) is 58.3 Å². The lowest BCUT2D eigenvalue weighted by Crippen LogP contribution is -2.31. The molecule has 1 aliphatic rings. The molecule has 0 fully saturated rings. The van der Waals surface area contributed by atoms with E-state index in [1.807, 2.05) is 23.1 Å². The summed E-state index contributed by atoms with van der Waals surface area (Å²) in [5.74, 6) is 0.268. The van der Waals surface area contributed by atoms with Crippen LogP contribution in [-0.2, 0) is 11.2 Å². The monoisotopic (exact) mass is 274 g/mol. The van der Waals surface area contributed by atoms with Crippen LogP contribution in [0, 0.1) is 0 Å². The number of nitrogens with zero attached hydrogens (tertiary/aromatic N) is 1. The fraction of sp³-hybridized carbons (Fsp3) is 0.588. The first-order valence-corrected chi connectivity index (χ1v) is 7.91. The van der Waals surface area contributed by atoms with Gasteiger partial charge in [0.15, 0.2) is 0 Å². The van der Waals surface area contributed by atoms with Crippen LogP contribution in [0.2, 0.25) is 0 Å². The number of rotatable bonds is 6. The van der Waals surface area contributed by atoms with Crippen LogP contribution >= 0.6 is 0 Å². The second kappa shape index (κ2) is 7.32. The smallest absolute Gasteiger partial charge is 0.226 e. The van der Waals surface area contributed by atoms with Crippen molar-refractivity contribution in [1.82, 2.24) is 0 Å². The van der Waals surface area contributed by atoms with Crippen molar-refractivity contribution in [3.8, 4) is 0 Å². The van der Waals surface area contributed by atoms with Crippen LogP contribution < -0.4 is 10.6 Å². The van der Waals surface area contributed by atoms with E-state index in [-0.39, 0.29) is 5.91 Å². The maximum Gasteiger partial charge on any atom is 0.226 e.